The molecule has 0 amide bonds. The van der Waals surface area contributed by atoms with Crippen molar-refractivity contribution in [3.8, 4) is 0 Å². The Balaban J connectivity index is 1.99. The number of benzene rings is 1. The molecule has 1 aliphatic heterocycles. The second-order valence-corrected chi connectivity index (χ2v) is 7.87. The number of aliphatic carboxylic acids is 1. The molecule has 2 heterocycles. The van der Waals surface area contributed by atoms with Gasteiger partial charge >= 0.3 is 5.97 Å². The first kappa shape index (κ1) is 17.0. The first-order valence-electron chi connectivity index (χ1n) is 7.73. The van der Waals surface area contributed by atoms with E-state index in [-0.39, 0.29) is 5.54 Å². The topological polar surface area (TPSA) is 61.7 Å². The molecule has 0 spiro atoms. The minimum absolute atomic E-state index is 0.206. The van der Waals surface area contributed by atoms with Crippen LogP contribution in [-0.4, -0.2) is 28.5 Å². The quantitative estimate of drug-likeness (QED) is 0.870. The Bertz CT molecular complexity index is 784. The molecule has 4 nitrogen and oxygen atoms in total. The Morgan fingerprint density at radius 2 is 2.25 bits per heavy atom. The maximum Gasteiger partial charge on any atom is 0.328 e. The molecule has 1 unspecified atom stereocenters. The summed E-state index contributed by atoms with van der Waals surface area (Å²) in [5.74, 6) is -0.296. The lowest BCUT2D eigenvalue weighted by Gasteiger charge is -2.35. The van der Waals surface area contributed by atoms with Gasteiger partial charge in [-0.3, -0.25) is 4.99 Å². The molecular weight excluding hydrogens is 344 g/mol. The molecule has 0 bridgehead atoms. The molecule has 1 aromatic heterocycles. The zero-order valence-corrected chi connectivity index (χ0v) is 15.1. The number of nitrogens with one attached hydrogen (secondary N) is 1. The fourth-order valence-electron chi connectivity index (χ4n) is 2.93. The largest absolute Gasteiger partial charge is 0.480 e. The van der Waals surface area contributed by atoms with Crippen LogP contribution in [0.5, 0.6) is 0 Å². The molecule has 2 aromatic rings. The van der Waals surface area contributed by atoms with Gasteiger partial charge in [0.15, 0.2) is 6.04 Å². The van der Waals surface area contributed by atoms with Crippen molar-refractivity contribution in [3.63, 3.8) is 0 Å². The second kappa shape index (κ2) is 6.57. The summed E-state index contributed by atoms with van der Waals surface area (Å²) in [5, 5.41) is 17.5. The summed E-state index contributed by atoms with van der Waals surface area (Å²) in [7, 11) is 0. The Morgan fingerprint density at radius 3 is 2.92 bits per heavy atom. The number of thiophene rings is 1. The lowest BCUT2D eigenvalue weighted by molar-refractivity contribution is -0.138. The summed E-state index contributed by atoms with van der Waals surface area (Å²) in [6.45, 7) is 4.14. The predicted octanol–water partition coefficient (Wildman–Crippen LogP) is 3.77. The molecule has 0 radical (unpaired) electrons. The third-order valence-electron chi connectivity index (χ3n) is 3.99. The van der Waals surface area contributed by atoms with Crippen LogP contribution in [0.2, 0.25) is 5.02 Å². The number of rotatable bonds is 4. The van der Waals surface area contributed by atoms with Crippen LogP contribution >= 0.6 is 22.9 Å². The van der Waals surface area contributed by atoms with E-state index in [0.717, 1.165) is 23.1 Å². The van der Waals surface area contributed by atoms with Crippen molar-refractivity contribution in [2.24, 2.45) is 4.99 Å². The van der Waals surface area contributed by atoms with Crippen LogP contribution in [0.3, 0.4) is 0 Å². The maximum absolute atomic E-state index is 11.7. The zero-order chi connectivity index (χ0) is 17.3. The summed E-state index contributed by atoms with van der Waals surface area (Å²) >= 11 is 7.67. The molecule has 0 aliphatic carbocycles. The molecule has 6 heteroatoms. The molecule has 1 aliphatic rings. The average Bonchev–Trinajstić information content (AvgIpc) is 2.97. The van der Waals surface area contributed by atoms with Crippen molar-refractivity contribution < 1.29 is 9.90 Å². The smallest absolute Gasteiger partial charge is 0.328 e. The van der Waals surface area contributed by atoms with Crippen molar-refractivity contribution in [1.29, 1.82) is 0 Å². The van der Waals surface area contributed by atoms with Gasteiger partial charge in [0.25, 0.3) is 0 Å². The van der Waals surface area contributed by atoms with Gasteiger partial charge in [-0.1, -0.05) is 11.6 Å². The van der Waals surface area contributed by atoms with Gasteiger partial charge in [0, 0.05) is 22.5 Å². The minimum Gasteiger partial charge on any atom is -0.480 e. The standard InChI is InChI=1S/C18H19ClN2O2S/c1-18(2)9-12-8-13(19)3-4-14(12)16(21-18)20-15(17(22)23)7-11-5-6-24-10-11/h3-6,8,10,15H,7,9H2,1-2H3,(H,20,21)(H,22,23). The van der Waals surface area contributed by atoms with Crippen molar-refractivity contribution >= 4 is 34.7 Å². The molecule has 24 heavy (non-hydrogen) atoms. The summed E-state index contributed by atoms with van der Waals surface area (Å²) in [4.78, 5) is 16.2. The monoisotopic (exact) mass is 362 g/mol. The van der Waals surface area contributed by atoms with E-state index in [1.165, 1.54) is 0 Å². The molecule has 3 rings (SSSR count). The number of carboxylic acids is 1. The Kier molecular flexibility index (Phi) is 4.65. The molecule has 1 aromatic carbocycles. The maximum atomic E-state index is 11.7. The van der Waals surface area contributed by atoms with Crippen molar-refractivity contribution in [2.45, 2.75) is 38.3 Å². The van der Waals surface area contributed by atoms with Crippen LogP contribution in [0, 0.1) is 0 Å². The summed E-state index contributed by atoms with van der Waals surface area (Å²) in [5.41, 5.74) is 2.80. The first-order chi connectivity index (χ1) is 11.3. The summed E-state index contributed by atoms with van der Waals surface area (Å²) < 4.78 is 0. The van der Waals surface area contributed by atoms with E-state index in [1.54, 1.807) is 11.3 Å². The van der Waals surface area contributed by atoms with E-state index in [9.17, 15) is 9.90 Å². The SMILES string of the molecule is CC1(C)Cc2cc(Cl)ccc2C(=NC(Cc2ccsc2)C(=O)O)N1. The van der Waals surface area contributed by atoms with E-state index < -0.39 is 12.0 Å². The minimum atomic E-state index is -0.922. The van der Waals surface area contributed by atoms with Crippen LogP contribution in [0.25, 0.3) is 0 Å². The van der Waals surface area contributed by atoms with Gasteiger partial charge in [-0.05, 0) is 66.4 Å². The third-order valence-corrected chi connectivity index (χ3v) is 4.96. The number of nitrogens with zero attached hydrogens (tertiary/aromatic N) is 1. The second-order valence-electron chi connectivity index (χ2n) is 6.65. The number of aliphatic imine (C=N–C) groups is 1. The number of halogens is 1. The Hall–Kier alpha value is -1.85. The molecule has 0 fully saturated rings. The average molecular weight is 363 g/mol. The molecule has 2 N–H and O–H groups in total. The van der Waals surface area contributed by atoms with Crippen LogP contribution in [0.15, 0.2) is 40.0 Å². The van der Waals surface area contributed by atoms with Gasteiger partial charge in [-0.15, -0.1) is 0 Å². The molecular formula is C18H19ClN2O2S. The van der Waals surface area contributed by atoms with Gasteiger partial charge in [-0.25, -0.2) is 4.79 Å². The van der Waals surface area contributed by atoms with Gasteiger partial charge in [0.05, 0.1) is 0 Å². The Labute approximate surface area is 150 Å². The van der Waals surface area contributed by atoms with Gasteiger partial charge in [0.2, 0.25) is 0 Å². The van der Waals surface area contributed by atoms with Gasteiger partial charge < -0.3 is 10.4 Å². The molecule has 1 atom stereocenters. The fraction of sp³-hybridized carbons (Fsp3) is 0.333. The predicted molar refractivity (Wildman–Crippen MR) is 98.4 cm³/mol. The lowest BCUT2D eigenvalue weighted by Crippen LogP contribution is -2.50. The van der Waals surface area contributed by atoms with E-state index in [4.69, 9.17) is 11.6 Å². The molecule has 0 saturated carbocycles. The highest BCUT2D eigenvalue weighted by molar-refractivity contribution is 7.07. The first-order valence-corrected chi connectivity index (χ1v) is 9.05. The van der Waals surface area contributed by atoms with Crippen molar-refractivity contribution in [2.75, 3.05) is 0 Å². The van der Waals surface area contributed by atoms with E-state index in [0.29, 0.717) is 17.3 Å². The van der Waals surface area contributed by atoms with Crippen molar-refractivity contribution in [1.82, 2.24) is 5.32 Å². The van der Waals surface area contributed by atoms with E-state index >= 15 is 0 Å². The number of carbonyl (C=O) groups is 1. The summed E-state index contributed by atoms with van der Waals surface area (Å²) in [6, 6.07) is 6.77. The number of hydrogen-bond donors (Lipinski definition) is 2. The number of hydrogen-bond acceptors (Lipinski definition) is 3. The Morgan fingerprint density at radius 1 is 1.46 bits per heavy atom. The highest BCUT2D eigenvalue weighted by atomic mass is 35.5. The highest BCUT2D eigenvalue weighted by Crippen LogP contribution is 2.26. The van der Waals surface area contributed by atoms with Crippen molar-refractivity contribution in [3.05, 3.63) is 56.7 Å². The molecule has 0 saturated heterocycles. The van der Waals surface area contributed by atoms with Gasteiger partial charge in [0.1, 0.15) is 5.84 Å². The number of fused-ring (bicyclic) bond motifs is 1. The summed E-state index contributed by atoms with van der Waals surface area (Å²) in [6.07, 6.45) is 1.19. The zero-order valence-electron chi connectivity index (χ0n) is 13.5. The lowest BCUT2D eigenvalue weighted by atomic mass is 9.87. The number of carboxylic acid groups (broad SMARTS) is 1. The van der Waals surface area contributed by atoms with E-state index in [2.05, 4.69) is 24.2 Å². The number of amidine groups is 1. The van der Waals surface area contributed by atoms with Crippen LogP contribution < -0.4 is 5.32 Å². The van der Waals surface area contributed by atoms with Gasteiger partial charge in [-0.2, -0.15) is 11.3 Å². The van der Waals surface area contributed by atoms with Crippen LogP contribution in [0.1, 0.15) is 30.5 Å². The third kappa shape index (κ3) is 3.79. The van der Waals surface area contributed by atoms with Crippen LogP contribution in [-0.2, 0) is 17.6 Å². The fourth-order valence-corrected chi connectivity index (χ4v) is 3.80. The molecule has 126 valence electrons. The van der Waals surface area contributed by atoms with E-state index in [1.807, 2.05) is 35.0 Å². The normalized spacial score (nSPS) is 18.7. The van der Waals surface area contributed by atoms with Crippen LogP contribution in [0.4, 0.5) is 0 Å². The highest BCUT2D eigenvalue weighted by Gasteiger charge is 2.30.